The number of carbonyl (C=O) groups is 1. The van der Waals surface area contributed by atoms with Crippen molar-refractivity contribution in [2.45, 2.75) is 19.8 Å². The molecule has 35 heavy (non-hydrogen) atoms. The van der Waals surface area contributed by atoms with Gasteiger partial charge in [0.1, 0.15) is 12.3 Å². The fourth-order valence-corrected chi connectivity index (χ4v) is 4.28. The van der Waals surface area contributed by atoms with E-state index in [-0.39, 0.29) is 24.0 Å². The largest absolute Gasteiger partial charge is 1.00 e. The van der Waals surface area contributed by atoms with E-state index < -0.39 is 6.03 Å². The number of halogens is 2. The van der Waals surface area contributed by atoms with Crippen molar-refractivity contribution in [3.05, 3.63) is 59.1 Å². The number of ether oxygens (including phenoxy) is 3. The summed E-state index contributed by atoms with van der Waals surface area (Å²) in [5, 5.41) is 0.756. The maximum Gasteiger partial charge on any atom is 0.319 e. The molecule has 7 nitrogen and oxygen atoms in total. The van der Waals surface area contributed by atoms with Crippen LogP contribution in [0.1, 0.15) is 18.9 Å². The number of nitrogens with zero attached hydrogens (tertiary/aromatic N) is 2. The molecule has 0 spiro atoms. The third kappa shape index (κ3) is 10.9. The van der Waals surface area contributed by atoms with Gasteiger partial charge in [-0.15, -0.1) is 0 Å². The van der Waals surface area contributed by atoms with Gasteiger partial charge < -0.3 is 48.4 Å². The Morgan fingerprint density at radius 1 is 1.03 bits per heavy atom. The number of hydrogen-bond donors (Lipinski definition) is 1. The molecule has 0 aliphatic carbocycles. The van der Waals surface area contributed by atoms with Crippen molar-refractivity contribution in [1.82, 2.24) is 0 Å². The Morgan fingerprint density at radius 2 is 1.77 bits per heavy atom. The summed E-state index contributed by atoms with van der Waals surface area (Å²) in [6.45, 7) is 8.31. The topological polar surface area (TPSA) is 74.0 Å². The first-order valence-corrected chi connectivity index (χ1v) is 12.2. The van der Waals surface area contributed by atoms with Gasteiger partial charge in [0.15, 0.2) is 0 Å². The summed E-state index contributed by atoms with van der Waals surface area (Å²) >= 11 is 6.19. The molecule has 2 aromatic carbocycles. The average Bonchev–Trinajstić information content (AvgIpc) is 2.84. The van der Waals surface area contributed by atoms with Gasteiger partial charge in [0.25, 0.3) is 0 Å². The lowest BCUT2D eigenvalue weighted by molar-refractivity contribution is -0.926. The van der Waals surface area contributed by atoms with E-state index in [0.29, 0.717) is 26.4 Å². The predicted molar refractivity (Wildman–Crippen MR) is 138 cm³/mol. The summed E-state index contributed by atoms with van der Waals surface area (Å²) < 4.78 is 17.0. The van der Waals surface area contributed by atoms with Crippen LogP contribution in [0.15, 0.2) is 48.5 Å². The van der Waals surface area contributed by atoms with Crippen LogP contribution < -0.4 is 39.3 Å². The Bertz CT molecular complexity index is 872. The second-order valence-electron chi connectivity index (χ2n) is 8.36. The molecular formula is C26H39ClIN3O4. The van der Waals surface area contributed by atoms with Crippen molar-refractivity contribution in [3.63, 3.8) is 0 Å². The summed E-state index contributed by atoms with van der Waals surface area (Å²) in [5.41, 5.74) is 7.69. The molecule has 0 aromatic heterocycles. The van der Waals surface area contributed by atoms with E-state index in [1.54, 1.807) is 19.1 Å². The Kier molecular flexibility index (Phi) is 15.2. The normalized spacial score (nSPS) is 12.5. The first-order valence-electron chi connectivity index (χ1n) is 11.8. The van der Waals surface area contributed by atoms with Crippen molar-refractivity contribution in [3.8, 4) is 5.75 Å². The quantitative estimate of drug-likeness (QED) is 0.175. The molecule has 196 valence electrons. The maximum absolute atomic E-state index is 12.2. The number of methoxy groups -OCH3 is 2. The van der Waals surface area contributed by atoms with E-state index in [1.165, 1.54) is 5.56 Å². The van der Waals surface area contributed by atoms with Crippen molar-refractivity contribution in [1.29, 1.82) is 0 Å². The lowest BCUT2D eigenvalue weighted by atomic mass is 10.1. The van der Waals surface area contributed by atoms with Gasteiger partial charge in [0, 0.05) is 37.2 Å². The van der Waals surface area contributed by atoms with Crippen LogP contribution in [0.4, 0.5) is 10.5 Å². The number of carbonyl (C=O) groups excluding carboxylic acids is 1. The molecule has 9 heteroatoms. The van der Waals surface area contributed by atoms with E-state index in [1.807, 2.05) is 42.5 Å². The molecule has 0 aliphatic rings. The second-order valence-corrected chi connectivity index (χ2v) is 8.79. The summed E-state index contributed by atoms with van der Waals surface area (Å²) in [4.78, 5) is 13.8. The van der Waals surface area contributed by atoms with Crippen molar-refractivity contribution >= 4 is 23.3 Å². The Morgan fingerprint density at radius 3 is 2.37 bits per heavy atom. The first-order chi connectivity index (χ1) is 16.4. The Labute approximate surface area is 232 Å². The minimum absolute atomic E-state index is 0. The van der Waals surface area contributed by atoms with Gasteiger partial charge in [-0.3, -0.25) is 4.90 Å². The number of primary amides is 1. The van der Waals surface area contributed by atoms with E-state index in [4.69, 9.17) is 31.5 Å². The first kappa shape index (κ1) is 31.4. The number of amides is 2. The lowest BCUT2D eigenvalue weighted by Gasteiger charge is -2.38. The number of urea groups is 1. The third-order valence-corrected chi connectivity index (χ3v) is 6.48. The van der Waals surface area contributed by atoms with Crippen molar-refractivity contribution < 1.29 is 47.5 Å². The van der Waals surface area contributed by atoms with Crippen LogP contribution in [0.5, 0.6) is 5.75 Å². The molecule has 0 saturated heterocycles. The zero-order chi connectivity index (χ0) is 24.8. The standard InChI is InChI=1S/C26H38ClN3O4.HI/c1-4-30(17-18-34-20-19-32-2,16-13-22-7-5-8-23(27)21-22)15-6-14-29(26(28)31)24-9-11-25(33-3)12-10-24;/h5,7-12,21H,4,6,13-20H2,1-3H3,(H-,28,31);1H. The van der Waals surface area contributed by atoms with Crippen LogP contribution in [0.2, 0.25) is 5.02 Å². The molecule has 0 heterocycles. The molecule has 2 amide bonds. The maximum atomic E-state index is 12.2. The fourth-order valence-electron chi connectivity index (χ4n) is 4.06. The van der Waals surface area contributed by atoms with Crippen molar-refractivity contribution in [2.24, 2.45) is 5.73 Å². The molecule has 0 bridgehead atoms. The number of hydrogen-bond acceptors (Lipinski definition) is 4. The van der Waals surface area contributed by atoms with Crippen LogP contribution >= 0.6 is 11.6 Å². The zero-order valence-corrected chi connectivity index (χ0v) is 24.0. The number of rotatable bonds is 16. The van der Waals surface area contributed by atoms with Gasteiger partial charge in [0.2, 0.25) is 0 Å². The van der Waals surface area contributed by atoms with Gasteiger partial charge in [0.05, 0.1) is 46.6 Å². The highest BCUT2D eigenvalue weighted by Gasteiger charge is 2.26. The SMILES string of the molecule is CC[N+](CCCN(C(N)=O)c1ccc(OC)cc1)(CCOCCOC)CCc1cccc(Cl)c1.[I-]. The van der Waals surface area contributed by atoms with Crippen LogP contribution in [0.3, 0.4) is 0 Å². The summed E-state index contributed by atoms with van der Waals surface area (Å²) in [6.07, 6.45) is 1.74. The molecule has 2 N–H and O–H groups in total. The molecule has 0 fully saturated rings. The molecule has 0 aliphatic heterocycles. The van der Waals surface area contributed by atoms with Crippen LogP contribution in [-0.4, -0.2) is 77.3 Å². The summed E-state index contributed by atoms with van der Waals surface area (Å²) in [5.74, 6) is 0.740. The molecule has 2 aromatic rings. The number of anilines is 1. The van der Waals surface area contributed by atoms with Crippen molar-refractivity contribution in [2.75, 3.05) is 71.7 Å². The number of benzene rings is 2. The van der Waals surface area contributed by atoms with E-state index in [0.717, 1.165) is 60.0 Å². The zero-order valence-electron chi connectivity index (χ0n) is 21.1. The highest BCUT2D eigenvalue weighted by molar-refractivity contribution is 6.30. The summed E-state index contributed by atoms with van der Waals surface area (Å²) in [6, 6.07) is 15.0. The number of quaternary nitrogens is 1. The molecular weight excluding hydrogens is 581 g/mol. The van der Waals surface area contributed by atoms with Crippen LogP contribution in [0.25, 0.3) is 0 Å². The smallest absolute Gasteiger partial charge is 0.319 e. The number of nitrogens with two attached hydrogens (primary N) is 1. The minimum atomic E-state index is -0.457. The Hall–Kier alpha value is -1.59. The Balaban J connectivity index is 0.00000612. The molecule has 1 unspecified atom stereocenters. The molecule has 2 rings (SSSR count). The van der Waals surface area contributed by atoms with Gasteiger partial charge in [-0.2, -0.15) is 0 Å². The third-order valence-electron chi connectivity index (χ3n) is 6.24. The highest BCUT2D eigenvalue weighted by Crippen LogP contribution is 2.20. The molecule has 0 saturated carbocycles. The van der Waals surface area contributed by atoms with Gasteiger partial charge in [-0.1, -0.05) is 23.7 Å². The monoisotopic (exact) mass is 619 g/mol. The average molecular weight is 620 g/mol. The second kappa shape index (κ2) is 17.0. The van der Waals surface area contributed by atoms with E-state index in [2.05, 4.69) is 13.0 Å². The van der Waals surface area contributed by atoms with Gasteiger partial charge >= 0.3 is 6.03 Å². The van der Waals surface area contributed by atoms with Gasteiger partial charge in [-0.25, -0.2) is 4.79 Å². The molecule has 1 atom stereocenters. The predicted octanol–water partition coefficient (Wildman–Crippen LogP) is 1.37. The summed E-state index contributed by atoms with van der Waals surface area (Å²) in [7, 11) is 3.29. The fraction of sp³-hybridized carbons (Fsp3) is 0.500. The van der Waals surface area contributed by atoms with Gasteiger partial charge in [-0.05, 0) is 48.9 Å². The van der Waals surface area contributed by atoms with Crippen LogP contribution in [0, 0.1) is 0 Å². The number of likely N-dealkylation sites (N-methyl/N-ethyl adjacent to an activating group) is 1. The van der Waals surface area contributed by atoms with E-state index in [9.17, 15) is 4.79 Å². The van der Waals surface area contributed by atoms with E-state index >= 15 is 0 Å². The molecule has 0 radical (unpaired) electrons. The highest BCUT2D eigenvalue weighted by atomic mass is 127. The lowest BCUT2D eigenvalue weighted by Crippen LogP contribution is -3.00. The minimum Gasteiger partial charge on any atom is -1.00 e. The van der Waals surface area contributed by atoms with Crippen LogP contribution in [-0.2, 0) is 15.9 Å².